The minimum Gasteiger partial charge on any atom is -0.508 e. The molecule has 0 saturated carbocycles. The predicted molar refractivity (Wildman–Crippen MR) is 72.2 cm³/mol. The lowest BCUT2D eigenvalue weighted by Gasteiger charge is -2.18. The van der Waals surface area contributed by atoms with Crippen LogP contribution in [0.25, 0.3) is 0 Å². The molecule has 0 aliphatic carbocycles. The van der Waals surface area contributed by atoms with Crippen molar-refractivity contribution in [1.29, 1.82) is 0 Å². The highest BCUT2D eigenvalue weighted by atomic mass is 16.4. The second kappa shape index (κ2) is 5.89. The molecule has 18 heavy (non-hydrogen) atoms. The lowest BCUT2D eigenvalue weighted by atomic mass is 9.88. The van der Waals surface area contributed by atoms with Crippen LogP contribution in [0.1, 0.15) is 62.6 Å². The Balaban J connectivity index is 3.14. The smallest absolute Gasteiger partial charge is 0.303 e. The van der Waals surface area contributed by atoms with E-state index in [0.717, 1.165) is 11.1 Å². The van der Waals surface area contributed by atoms with Gasteiger partial charge < -0.3 is 10.2 Å². The molecule has 0 saturated heterocycles. The third kappa shape index (κ3) is 3.49. The van der Waals surface area contributed by atoms with Gasteiger partial charge in [0.2, 0.25) is 0 Å². The number of aliphatic carboxylic acids is 1. The third-order valence-corrected chi connectivity index (χ3v) is 3.14. The second-order valence-electron chi connectivity index (χ2n) is 5.31. The highest BCUT2D eigenvalue weighted by molar-refractivity contribution is 5.67. The fourth-order valence-electron chi connectivity index (χ4n) is 2.11. The zero-order chi connectivity index (χ0) is 13.9. The van der Waals surface area contributed by atoms with Gasteiger partial charge in [-0.2, -0.15) is 0 Å². The molecule has 3 nitrogen and oxygen atoms in total. The summed E-state index contributed by atoms with van der Waals surface area (Å²) in [6.45, 7) is 8.41. The van der Waals surface area contributed by atoms with Crippen LogP contribution in [-0.2, 0) is 11.2 Å². The van der Waals surface area contributed by atoms with Gasteiger partial charge >= 0.3 is 5.97 Å². The molecular weight excluding hydrogens is 228 g/mol. The Labute approximate surface area is 108 Å². The van der Waals surface area contributed by atoms with Crippen molar-refractivity contribution >= 4 is 5.97 Å². The van der Waals surface area contributed by atoms with Crippen molar-refractivity contribution in [2.75, 3.05) is 0 Å². The van der Waals surface area contributed by atoms with E-state index >= 15 is 0 Å². The zero-order valence-electron chi connectivity index (χ0n) is 11.5. The molecule has 0 fully saturated rings. The maximum absolute atomic E-state index is 10.6. The van der Waals surface area contributed by atoms with Crippen molar-refractivity contribution in [3.63, 3.8) is 0 Å². The van der Waals surface area contributed by atoms with Crippen LogP contribution in [0.4, 0.5) is 0 Å². The predicted octanol–water partition coefficient (Wildman–Crippen LogP) is 3.66. The topological polar surface area (TPSA) is 57.5 Å². The van der Waals surface area contributed by atoms with Crippen LogP contribution in [0, 0.1) is 0 Å². The molecule has 0 aromatic heterocycles. The molecule has 3 heteroatoms. The van der Waals surface area contributed by atoms with E-state index in [4.69, 9.17) is 5.11 Å². The first-order valence-corrected chi connectivity index (χ1v) is 6.40. The van der Waals surface area contributed by atoms with Crippen molar-refractivity contribution in [1.82, 2.24) is 0 Å². The largest absolute Gasteiger partial charge is 0.508 e. The summed E-state index contributed by atoms with van der Waals surface area (Å²) in [6, 6.07) is 3.75. The standard InChI is InChI=1S/C15H22O3/c1-9(2)12-7-11(5-6-15(17)18)14(16)8-13(12)10(3)4/h7-10,16H,5-6H2,1-4H3,(H,17,18). The van der Waals surface area contributed by atoms with Gasteiger partial charge in [0, 0.05) is 6.42 Å². The van der Waals surface area contributed by atoms with Crippen molar-refractivity contribution in [2.24, 2.45) is 0 Å². The summed E-state index contributed by atoms with van der Waals surface area (Å²) in [4.78, 5) is 10.6. The number of hydrogen-bond donors (Lipinski definition) is 2. The number of aromatic hydroxyl groups is 1. The molecule has 0 bridgehead atoms. The Hall–Kier alpha value is -1.51. The first kappa shape index (κ1) is 14.6. The number of benzene rings is 1. The summed E-state index contributed by atoms with van der Waals surface area (Å²) in [5.41, 5.74) is 3.07. The number of carbonyl (C=O) groups is 1. The molecule has 0 atom stereocenters. The summed E-state index contributed by atoms with van der Waals surface area (Å²) in [5, 5.41) is 18.7. The average molecular weight is 250 g/mol. The summed E-state index contributed by atoms with van der Waals surface area (Å²) in [5.74, 6) is 0.0891. The minimum atomic E-state index is -0.839. The van der Waals surface area contributed by atoms with Gasteiger partial charge in [-0.05, 0) is 41.0 Å². The Morgan fingerprint density at radius 1 is 1.11 bits per heavy atom. The van der Waals surface area contributed by atoms with Gasteiger partial charge in [-0.3, -0.25) is 4.79 Å². The van der Waals surface area contributed by atoms with E-state index in [1.165, 1.54) is 5.56 Å². The van der Waals surface area contributed by atoms with Crippen molar-refractivity contribution in [3.05, 3.63) is 28.8 Å². The first-order chi connectivity index (χ1) is 8.32. The van der Waals surface area contributed by atoms with Crippen molar-refractivity contribution in [3.8, 4) is 5.75 Å². The fourth-order valence-corrected chi connectivity index (χ4v) is 2.11. The monoisotopic (exact) mass is 250 g/mol. The molecular formula is C15H22O3. The molecule has 0 heterocycles. The summed E-state index contributed by atoms with van der Waals surface area (Å²) >= 11 is 0. The average Bonchev–Trinajstić information content (AvgIpc) is 2.26. The maximum atomic E-state index is 10.6. The highest BCUT2D eigenvalue weighted by Gasteiger charge is 2.14. The first-order valence-electron chi connectivity index (χ1n) is 6.40. The van der Waals surface area contributed by atoms with Crippen LogP contribution in [0.15, 0.2) is 12.1 Å². The van der Waals surface area contributed by atoms with E-state index in [1.54, 1.807) is 6.07 Å². The van der Waals surface area contributed by atoms with E-state index in [2.05, 4.69) is 27.7 Å². The molecule has 0 aliphatic rings. The fraction of sp³-hybridized carbons (Fsp3) is 0.533. The molecule has 0 spiro atoms. The van der Waals surface area contributed by atoms with Crippen LogP contribution in [0.3, 0.4) is 0 Å². The zero-order valence-corrected chi connectivity index (χ0v) is 11.5. The van der Waals surface area contributed by atoms with Gasteiger partial charge in [0.25, 0.3) is 0 Å². The van der Waals surface area contributed by atoms with E-state index in [9.17, 15) is 9.90 Å². The highest BCUT2D eigenvalue weighted by Crippen LogP contribution is 2.32. The number of carboxylic acid groups (broad SMARTS) is 1. The third-order valence-electron chi connectivity index (χ3n) is 3.14. The lowest BCUT2D eigenvalue weighted by molar-refractivity contribution is -0.136. The van der Waals surface area contributed by atoms with Crippen LogP contribution >= 0.6 is 0 Å². The summed E-state index contributed by atoms with van der Waals surface area (Å²) in [7, 11) is 0. The normalized spacial score (nSPS) is 11.2. The molecule has 1 aromatic rings. The molecule has 0 unspecified atom stereocenters. The molecule has 0 amide bonds. The van der Waals surface area contributed by atoms with Gasteiger partial charge in [-0.1, -0.05) is 33.8 Å². The Bertz CT molecular complexity index is 434. The van der Waals surface area contributed by atoms with Crippen LogP contribution in [-0.4, -0.2) is 16.2 Å². The molecule has 100 valence electrons. The minimum absolute atomic E-state index is 0.0477. The van der Waals surface area contributed by atoms with Gasteiger partial charge in [-0.15, -0.1) is 0 Å². The SMILES string of the molecule is CC(C)c1cc(O)c(CCC(=O)O)cc1C(C)C. The van der Waals surface area contributed by atoms with E-state index in [0.29, 0.717) is 18.3 Å². The number of aryl methyl sites for hydroxylation is 1. The van der Waals surface area contributed by atoms with E-state index in [-0.39, 0.29) is 12.2 Å². The quantitative estimate of drug-likeness (QED) is 0.838. The maximum Gasteiger partial charge on any atom is 0.303 e. The summed E-state index contributed by atoms with van der Waals surface area (Å²) in [6.07, 6.45) is 0.422. The summed E-state index contributed by atoms with van der Waals surface area (Å²) < 4.78 is 0. The second-order valence-corrected chi connectivity index (χ2v) is 5.31. The number of phenols is 1. The van der Waals surface area contributed by atoms with Gasteiger partial charge in [0.15, 0.2) is 0 Å². The number of carboxylic acids is 1. The Morgan fingerprint density at radius 3 is 2.06 bits per heavy atom. The Kier molecular flexibility index (Phi) is 4.76. The molecule has 0 radical (unpaired) electrons. The molecule has 1 aromatic carbocycles. The number of rotatable bonds is 5. The van der Waals surface area contributed by atoms with Crippen LogP contribution in [0.5, 0.6) is 5.75 Å². The molecule has 0 aliphatic heterocycles. The molecule has 1 rings (SSSR count). The number of phenolic OH excluding ortho intramolecular Hbond substituents is 1. The number of hydrogen-bond acceptors (Lipinski definition) is 2. The lowest BCUT2D eigenvalue weighted by Crippen LogP contribution is -2.03. The van der Waals surface area contributed by atoms with E-state index in [1.807, 2.05) is 6.07 Å². The van der Waals surface area contributed by atoms with Crippen LogP contribution < -0.4 is 0 Å². The van der Waals surface area contributed by atoms with Gasteiger partial charge in [0.1, 0.15) is 5.75 Å². The van der Waals surface area contributed by atoms with E-state index < -0.39 is 5.97 Å². The Morgan fingerprint density at radius 2 is 1.61 bits per heavy atom. The van der Waals surface area contributed by atoms with Crippen molar-refractivity contribution < 1.29 is 15.0 Å². The van der Waals surface area contributed by atoms with Crippen molar-refractivity contribution in [2.45, 2.75) is 52.4 Å². The molecule has 2 N–H and O–H groups in total. The van der Waals surface area contributed by atoms with Crippen LogP contribution in [0.2, 0.25) is 0 Å². The van der Waals surface area contributed by atoms with Gasteiger partial charge in [-0.25, -0.2) is 0 Å². The van der Waals surface area contributed by atoms with Gasteiger partial charge in [0.05, 0.1) is 0 Å².